The lowest BCUT2D eigenvalue weighted by Crippen LogP contribution is -2.46. The molecule has 0 unspecified atom stereocenters. The van der Waals surface area contributed by atoms with Gasteiger partial charge < -0.3 is 9.47 Å². The molecular formula is C17H18F2N2O. The molecule has 22 heavy (non-hydrogen) atoms. The Morgan fingerprint density at radius 2 is 1.77 bits per heavy atom. The van der Waals surface area contributed by atoms with Crippen LogP contribution in [0.4, 0.5) is 8.78 Å². The van der Waals surface area contributed by atoms with Crippen molar-refractivity contribution in [3.8, 4) is 0 Å². The second kappa shape index (κ2) is 6.30. The van der Waals surface area contributed by atoms with Crippen LogP contribution in [0.1, 0.15) is 29.6 Å². The summed E-state index contributed by atoms with van der Waals surface area (Å²) in [6.45, 7) is 1.19. The molecule has 1 fully saturated rings. The van der Waals surface area contributed by atoms with E-state index in [1.165, 1.54) is 6.07 Å². The molecule has 0 aliphatic carbocycles. The zero-order valence-corrected chi connectivity index (χ0v) is 12.2. The Labute approximate surface area is 128 Å². The highest BCUT2D eigenvalue weighted by Gasteiger charge is 2.30. The number of amides is 1. The molecule has 0 N–H and O–H groups in total. The zero-order valence-electron chi connectivity index (χ0n) is 12.2. The Bertz CT molecular complexity index is 634. The molecule has 2 heterocycles. The van der Waals surface area contributed by atoms with Crippen molar-refractivity contribution in [2.75, 3.05) is 6.54 Å². The number of rotatable bonds is 3. The second-order valence-corrected chi connectivity index (χ2v) is 5.62. The Hall–Kier alpha value is -2.17. The molecule has 1 aliphatic rings. The van der Waals surface area contributed by atoms with Crippen molar-refractivity contribution >= 4 is 5.91 Å². The van der Waals surface area contributed by atoms with Gasteiger partial charge in [0.25, 0.3) is 5.91 Å². The molecule has 3 nitrogen and oxygen atoms in total. The number of hydrogen-bond donors (Lipinski definition) is 0. The lowest BCUT2D eigenvalue weighted by atomic mass is 10.00. The molecule has 1 aliphatic heterocycles. The topological polar surface area (TPSA) is 25.2 Å². The number of likely N-dealkylation sites (tertiary alicyclic amines) is 1. The predicted molar refractivity (Wildman–Crippen MR) is 79.5 cm³/mol. The van der Waals surface area contributed by atoms with E-state index in [4.69, 9.17) is 0 Å². The minimum Gasteiger partial charge on any atom is -0.352 e. The van der Waals surface area contributed by atoms with Crippen LogP contribution in [-0.4, -0.2) is 28.0 Å². The fraction of sp³-hybridized carbons (Fsp3) is 0.353. The normalized spacial score (nSPS) is 18.5. The van der Waals surface area contributed by atoms with Gasteiger partial charge in [-0.25, -0.2) is 8.78 Å². The monoisotopic (exact) mass is 304 g/mol. The van der Waals surface area contributed by atoms with Gasteiger partial charge in [-0.3, -0.25) is 4.79 Å². The predicted octanol–water partition coefficient (Wildman–Crippen LogP) is 3.46. The average molecular weight is 304 g/mol. The zero-order chi connectivity index (χ0) is 15.5. The smallest absolute Gasteiger partial charge is 0.260 e. The van der Waals surface area contributed by atoms with Gasteiger partial charge >= 0.3 is 0 Å². The number of carbonyl (C=O) groups is 1. The summed E-state index contributed by atoms with van der Waals surface area (Å²) in [6.07, 6.45) is 6.60. The van der Waals surface area contributed by atoms with Gasteiger partial charge in [0.2, 0.25) is 0 Å². The number of aromatic nitrogens is 1. The maximum Gasteiger partial charge on any atom is 0.260 e. The van der Waals surface area contributed by atoms with Crippen molar-refractivity contribution < 1.29 is 13.6 Å². The third kappa shape index (κ3) is 2.89. The van der Waals surface area contributed by atoms with Gasteiger partial charge in [0.1, 0.15) is 17.2 Å². The SMILES string of the molecule is O=C(c1c(F)cccc1F)N1CCCC[C@H]1Cn1cccc1. The maximum atomic E-state index is 13.9. The summed E-state index contributed by atoms with van der Waals surface area (Å²) in [7, 11) is 0. The van der Waals surface area contributed by atoms with E-state index in [0.717, 1.165) is 31.4 Å². The van der Waals surface area contributed by atoms with Crippen molar-refractivity contribution in [2.24, 2.45) is 0 Å². The van der Waals surface area contributed by atoms with Gasteiger partial charge in [0, 0.05) is 31.5 Å². The summed E-state index contributed by atoms with van der Waals surface area (Å²) in [5.74, 6) is -2.14. The van der Waals surface area contributed by atoms with E-state index in [1.54, 1.807) is 4.90 Å². The lowest BCUT2D eigenvalue weighted by molar-refractivity contribution is 0.0579. The highest BCUT2D eigenvalue weighted by Crippen LogP contribution is 2.23. The minimum atomic E-state index is -0.796. The molecule has 0 radical (unpaired) electrons. The largest absolute Gasteiger partial charge is 0.352 e. The number of carbonyl (C=O) groups excluding carboxylic acids is 1. The van der Waals surface area contributed by atoms with Crippen LogP contribution in [0.2, 0.25) is 0 Å². The van der Waals surface area contributed by atoms with E-state index in [9.17, 15) is 13.6 Å². The summed E-state index contributed by atoms with van der Waals surface area (Å²) in [4.78, 5) is 14.2. The van der Waals surface area contributed by atoms with Crippen LogP contribution in [0.15, 0.2) is 42.7 Å². The first kappa shape index (κ1) is 14.8. The van der Waals surface area contributed by atoms with E-state index in [1.807, 2.05) is 29.1 Å². The molecule has 1 aromatic carbocycles. The highest BCUT2D eigenvalue weighted by atomic mass is 19.1. The molecule has 2 aromatic rings. The van der Waals surface area contributed by atoms with Crippen LogP contribution in [0, 0.1) is 11.6 Å². The summed E-state index contributed by atoms with van der Waals surface area (Å²) in [6, 6.07) is 7.33. The molecule has 5 heteroatoms. The van der Waals surface area contributed by atoms with Crippen LogP contribution in [0.25, 0.3) is 0 Å². The first-order valence-electron chi connectivity index (χ1n) is 7.52. The molecule has 1 aromatic heterocycles. The number of hydrogen-bond acceptors (Lipinski definition) is 1. The van der Waals surface area contributed by atoms with Gasteiger partial charge in [0.15, 0.2) is 0 Å². The second-order valence-electron chi connectivity index (χ2n) is 5.62. The summed E-state index contributed by atoms with van der Waals surface area (Å²) >= 11 is 0. The number of nitrogens with zero attached hydrogens (tertiary/aromatic N) is 2. The minimum absolute atomic E-state index is 0.0346. The van der Waals surface area contributed by atoms with Gasteiger partial charge in [-0.1, -0.05) is 6.07 Å². The molecule has 1 amide bonds. The van der Waals surface area contributed by atoms with Gasteiger partial charge in [0.05, 0.1) is 0 Å². The van der Waals surface area contributed by atoms with E-state index in [-0.39, 0.29) is 6.04 Å². The molecule has 0 saturated carbocycles. The fourth-order valence-electron chi connectivity index (χ4n) is 3.04. The Morgan fingerprint density at radius 3 is 2.45 bits per heavy atom. The lowest BCUT2D eigenvalue weighted by Gasteiger charge is -2.36. The average Bonchev–Trinajstić information content (AvgIpc) is 3.00. The van der Waals surface area contributed by atoms with Crippen molar-refractivity contribution in [3.05, 3.63) is 59.9 Å². The number of benzene rings is 1. The van der Waals surface area contributed by atoms with Crippen LogP contribution < -0.4 is 0 Å². The summed E-state index contributed by atoms with van der Waals surface area (Å²) in [5, 5.41) is 0. The van der Waals surface area contributed by atoms with Gasteiger partial charge in [-0.2, -0.15) is 0 Å². The van der Waals surface area contributed by atoms with Crippen LogP contribution in [0.5, 0.6) is 0 Å². The van der Waals surface area contributed by atoms with Gasteiger partial charge in [-0.15, -0.1) is 0 Å². The summed E-state index contributed by atoms with van der Waals surface area (Å²) < 4.78 is 29.7. The van der Waals surface area contributed by atoms with Crippen LogP contribution in [-0.2, 0) is 6.54 Å². The quantitative estimate of drug-likeness (QED) is 0.852. The van der Waals surface area contributed by atoms with E-state index < -0.39 is 23.1 Å². The van der Waals surface area contributed by atoms with Crippen LogP contribution in [0.3, 0.4) is 0 Å². The Kier molecular flexibility index (Phi) is 4.22. The molecular weight excluding hydrogens is 286 g/mol. The number of piperidine rings is 1. The third-order valence-electron chi connectivity index (χ3n) is 4.15. The van der Waals surface area contributed by atoms with E-state index >= 15 is 0 Å². The van der Waals surface area contributed by atoms with E-state index in [2.05, 4.69) is 0 Å². The van der Waals surface area contributed by atoms with Crippen molar-refractivity contribution in [2.45, 2.75) is 31.8 Å². The summed E-state index contributed by atoms with van der Waals surface area (Å²) in [5.41, 5.74) is -0.443. The Balaban J connectivity index is 1.85. The van der Waals surface area contributed by atoms with Crippen molar-refractivity contribution in [3.63, 3.8) is 0 Å². The maximum absolute atomic E-state index is 13.9. The third-order valence-corrected chi connectivity index (χ3v) is 4.15. The van der Waals surface area contributed by atoms with Crippen molar-refractivity contribution in [1.29, 1.82) is 0 Å². The van der Waals surface area contributed by atoms with Gasteiger partial charge in [-0.05, 0) is 43.5 Å². The van der Waals surface area contributed by atoms with Crippen molar-refractivity contribution in [1.82, 2.24) is 9.47 Å². The first-order chi connectivity index (χ1) is 10.7. The standard InChI is InChI=1S/C17H18F2N2O/c18-14-7-5-8-15(19)16(14)17(22)21-11-2-1-6-13(21)12-20-9-3-4-10-20/h3-5,7-10,13H,1-2,6,11-12H2/t13-/m0/s1. The van der Waals surface area contributed by atoms with E-state index in [0.29, 0.717) is 13.1 Å². The highest BCUT2D eigenvalue weighted by molar-refractivity contribution is 5.95. The fourth-order valence-corrected chi connectivity index (χ4v) is 3.04. The molecule has 3 rings (SSSR count). The first-order valence-corrected chi connectivity index (χ1v) is 7.52. The molecule has 0 spiro atoms. The Morgan fingerprint density at radius 1 is 1.09 bits per heavy atom. The molecule has 1 atom stereocenters. The number of halogens is 2. The van der Waals surface area contributed by atoms with Crippen LogP contribution >= 0.6 is 0 Å². The molecule has 0 bridgehead atoms. The molecule has 116 valence electrons. The molecule has 1 saturated heterocycles.